The molecule has 0 spiro atoms. The Balaban J connectivity index is 1.41. The largest absolute Gasteiger partial charge is 0.360 e. The lowest BCUT2D eigenvalue weighted by atomic mass is 10.1. The van der Waals surface area contributed by atoms with E-state index < -0.39 is 23.0 Å². The second-order valence-electron chi connectivity index (χ2n) is 7.36. The minimum Gasteiger partial charge on any atom is -0.360 e. The number of pyridine rings is 1. The number of benzene rings is 3. The topological polar surface area (TPSA) is 74.8 Å². The van der Waals surface area contributed by atoms with Crippen LogP contribution in [0.3, 0.4) is 0 Å². The molecule has 2 heterocycles. The first-order chi connectivity index (χ1) is 15.4. The van der Waals surface area contributed by atoms with Gasteiger partial charge in [0.1, 0.15) is 22.2 Å². The monoisotopic (exact) mass is 447 g/mol. The van der Waals surface area contributed by atoms with E-state index in [1.165, 1.54) is 5.56 Å². The third-order valence-corrected chi connectivity index (χ3v) is 6.14. The highest BCUT2D eigenvalue weighted by atomic mass is 32.1. The predicted octanol–water partition coefficient (Wildman–Crippen LogP) is 5.64. The molecule has 0 saturated carbocycles. The van der Waals surface area contributed by atoms with Gasteiger partial charge in [-0.15, -0.1) is 11.3 Å². The summed E-state index contributed by atoms with van der Waals surface area (Å²) < 4.78 is 28.5. The summed E-state index contributed by atoms with van der Waals surface area (Å²) in [6.45, 7) is 2.03. The molecule has 158 valence electrons. The Morgan fingerprint density at radius 1 is 1.06 bits per heavy atom. The first-order valence-corrected chi connectivity index (χ1v) is 10.5. The van der Waals surface area contributed by atoms with Gasteiger partial charge in [0.05, 0.1) is 21.1 Å². The Hall–Kier alpha value is -3.91. The van der Waals surface area contributed by atoms with Crippen molar-refractivity contribution in [3.05, 3.63) is 93.8 Å². The van der Waals surface area contributed by atoms with E-state index in [0.717, 1.165) is 33.1 Å². The molecule has 0 unspecified atom stereocenters. The van der Waals surface area contributed by atoms with Crippen LogP contribution in [0.1, 0.15) is 15.9 Å². The number of aromatic nitrogens is 2. The van der Waals surface area contributed by atoms with Crippen LogP contribution < -0.4 is 10.7 Å². The van der Waals surface area contributed by atoms with E-state index in [2.05, 4.69) is 21.4 Å². The number of hydrogen-bond donors (Lipinski definition) is 2. The summed E-state index contributed by atoms with van der Waals surface area (Å²) in [7, 11) is 0. The molecule has 1 amide bonds. The molecular weight excluding hydrogens is 432 g/mol. The van der Waals surface area contributed by atoms with Gasteiger partial charge in [-0.3, -0.25) is 9.59 Å². The van der Waals surface area contributed by atoms with Crippen LogP contribution >= 0.6 is 11.3 Å². The third kappa shape index (κ3) is 3.54. The molecule has 5 aromatic rings. The SMILES string of the molecule is Cc1ccc2nc(-c3ccc(NC(=O)c4c[nH]c5cc(F)cc(F)c5c4=O)cc3)sc2c1. The quantitative estimate of drug-likeness (QED) is 0.376. The van der Waals surface area contributed by atoms with Crippen LogP contribution in [0.15, 0.2) is 65.6 Å². The highest BCUT2D eigenvalue weighted by Gasteiger charge is 2.17. The van der Waals surface area contributed by atoms with Crippen LogP contribution in [-0.2, 0) is 0 Å². The fourth-order valence-corrected chi connectivity index (χ4v) is 4.56. The molecule has 0 saturated heterocycles. The van der Waals surface area contributed by atoms with Gasteiger partial charge < -0.3 is 10.3 Å². The van der Waals surface area contributed by atoms with E-state index in [-0.39, 0.29) is 16.5 Å². The van der Waals surface area contributed by atoms with Gasteiger partial charge in [0, 0.05) is 23.5 Å². The molecule has 8 heteroatoms. The summed E-state index contributed by atoms with van der Waals surface area (Å²) in [4.78, 5) is 32.5. The Morgan fingerprint density at radius 2 is 1.84 bits per heavy atom. The number of hydrogen-bond acceptors (Lipinski definition) is 4. The van der Waals surface area contributed by atoms with Crippen LogP contribution in [0.25, 0.3) is 31.7 Å². The van der Waals surface area contributed by atoms with Crippen molar-refractivity contribution in [2.45, 2.75) is 6.92 Å². The molecule has 0 atom stereocenters. The summed E-state index contributed by atoms with van der Waals surface area (Å²) >= 11 is 1.58. The molecule has 0 aliphatic carbocycles. The predicted molar refractivity (Wildman–Crippen MR) is 122 cm³/mol. The molecule has 5 nitrogen and oxygen atoms in total. The lowest BCUT2D eigenvalue weighted by molar-refractivity contribution is 0.102. The second kappa shape index (κ2) is 7.65. The Kier molecular flexibility index (Phi) is 4.79. The molecule has 2 aromatic heterocycles. The minimum atomic E-state index is -1.02. The van der Waals surface area contributed by atoms with Crippen molar-refractivity contribution in [3.63, 3.8) is 0 Å². The molecule has 32 heavy (non-hydrogen) atoms. The van der Waals surface area contributed by atoms with E-state index in [0.29, 0.717) is 11.8 Å². The van der Waals surface area contributed by atoms with Crippen LogP contribution in [-0.4, -0.2) is 15.9 Å². The van der Waals surface area contributed by atoms with Crippen molar-refractivity contribution >= 4 is 44.1 Å². The van der Waals surface area contributed by atoms with E-state index in [1.54, 1.807) is 23.5 Å². The van der Waals surface area contributed by atoms with Crippen LogP contribution in [0.5, 0.6) is 0 Å². The molecule has 5 rings (SSSR count). The van der Waals surface area contributed by atoms with Crippen LogP contribution in [0.4, 0.5) is 14.5 Å². The van der Waals surface area contributed by atoms with Crippen molar-refractivity contribution < 1.29 is 13.6 Å². The molecule has 0 radical (unpaired) electrons. The molecular formula is C24H15F2N3O2S. The lowest BCUT2D eigenvalue weighted by Crippen LogP contribution is -2.22. The Morgan fingerprint density at radius 3 is 2.62 bits per heavy atom. The summed E-state index contributed by atoms with van der Waals surface area (Å²) in [5, 5.41) is 3.13. The van der Waals surface area contributed by atoms with Crippen LogP contribution in [0.2, 0.25) is 0 Å². The summed E-state index contributed by atoms with van der Waals surface area (Å²) in [6, 6.07) is 14.8. The number of carbonyl (C=O) groups is 1. The smallest absolute Gasteiger partial charge is 0.261 e. The van der Waals surface area contributed by atoms with E-state index >= 15 is 0 Å². The maximum absolute atomic E-state index is 14.1. The lowest BCUT2D eigenvalue weighted by Gasteiger charge is -2.07. The zero-order valence-electron chi connectivity index (χ0n) is 16.7. The zero-order valence-corrected chi connectivity index (χ0v) is 17.5. The average molecular weight is 447 g/mol. The number of thiazole rings is 1. The fourth-order valence-electron chi connectivity index (χ4n) is 3.49. The van der Waals surface area contributed by atoms with Crippen LogP contribution in [0, 0.1) is 18.6 Å². The number of nitrogens with zero attached hydrogens (tertiary/aromatic N) is 1. The highest BCUT2D eigenvalue weighted by molar-refractivity contribution is 7.21. The van der Waals surface area contributed by atoms with Crippen molar-refractivity contribution in [2.75, 3.05) is 5.32 Å². The molecule has 0 aliphatic heterocycles. The number of amides is 1. The number of fused-ring (bicyclic) bond motifs is 2. The highest BCUT2D eigenvalue weighted by Crippen LogP contribution is 2.31. The van der Waals surface area contributed by atoms with E-state index in [1.807, 2.05) is 31.2 Å². The number of rotatable bonds is 3. The fraction of sp³-hybridized carbons (Fsp3) is 0.0417. The van der Waals surface area contributed by atoms with Gasteiger partial charge in [-0.25, -0.2) is 13.8 Å². The Labute approximate surface area is 184 Å². The molecule has 0 fully saturated rings. The number of carbonyl (C=O) groups excluding carboxylic acids is 1. The molecule has 3 aromatic carbocycles. The van der Waals surface area contributed by atoms with Gasteiger partial charge in [-0.1, -0.05) is 6.07 Å². The third-order valence-electron chi connectivity index (χ3n) is 5.08. The normalized spacial score (nSPS) is 11.2. The number of aryl methyl sites for hydroxylation is 1. The van der Waals surface area contributed by atoms with Crippen molar-refractivity contribution in [1.82, 2.24) is 9.97 Å². The van der Waals surface area contributed by atoms with Gasteiger partial charge in [0.2, 0.25) is 5.43 Å². The van der Waals surface area contributed by atoms with E-state index in [9.17, 15) is 18.4 Å². The number of halogens is 2. The number of H-pyrrole nitrogens is 1. The van der Waals surface area contributed by atoms with Crippen molar-refractivity contribution in [2.24, 2.45) is 0 Å². The maximum Gasteiger partial charge on any atom is 0.261 e. The van der Waals surface area contributed by atoms with Gasteiger partial charge in [-0.05, 0) is 55.0 Å². The van der Waals surface area contributed by atoms with E-state index in [4.69, 9.17) is 0 Å². The Bertz CT molecular complexity index is 1570. The standard InChI is InChI=1S/C24H15F2N3O2S/c1-12-2-7-18-20(8-12)32-24(29-18)13-3-5-15(6-4-13)28-23(31)16-11-27-19-10-14(25)9-17(26)21(19)22(16)30/h2-11H,1H3,(H,27,30)(H,28,31). The average Bonchev–Trinajstić information content (AvgIpc) is 3.17. The van der Waals surface area contributed by atoms with Gasteiger partial charge in [-0.2, -0.15) is 0 Å². The van der Waals surface area contributed by atoms with Gasteiger partial charge in [0.15, 0.2) is 0 Å². The second-order valence-corrected chi connectivity index (χ2v) is 8.39. The number of aromatic amines is 1. The number of anilines is 1. The van der Waals surface area contributed by atoms with Crippen molar-refractivity contribution in [3.8, 4) is 10.6 Å². The first-order valence-electron chi connectivity index (χ1n) is 9.68. The maximum atomic E-state index is 14.1. The van der Waals surface area contributed by atoms with Crippen molar-refractivity contribution in [1.29, 1.82) is 0 Å². The molecule has 2 N–H and O–H groups in total. The van der Waals surface area contributed by atoms with Gasteiger partial charge in [0.25, 0.3) is 5.91 Å². The summed E-state index contributed by atoms with van der Waals surface area (Å²) in [6.07, 6.45) is 1.15. The zero-order chi connectivity index (χ0) is 22.4. The first kappa shape index (κ1) is 20.0. The number of nitrogens with one attached hydrogen (secondary N) is 2. The minimum absolute atomic E-state index is 0.0144. The molecule has 0 aliphatic rings. The summed E-state index contributed by atoms with van der Waals surface area (Å²) in [5.41, 5.74) is 2.36. The molecule has 0 bridgehead atoms. The summed E-state index contributed by atoms with van der Waals surface area (Å²) in [5.74, 6) is -2.53. The van der Waals surface area contributed by atoms with Gasteiger partial charge >= 0.3 is 0 Å².